The van der Waals surface area contributed by atoms with Gasteiger partial charge in [0.15, 0.2) is 5.84 Å². The van der Waals surface area contributed by atoms with E-state index in [1.54, 1.807) is 6.20 Å². The molecule has 5 nitrogen and oxygen atoms in total. The van der Waals surface area contributed by atoms with E-state index in [0.29, 0.717) is 5.84 Å². The number of pyridine rings is 2. The molecule has 3 heterocycles. The predicted molar refractivity (Wildman–Crippen MR) is 149 cm³/mol. The molecule has 0 spiro atoms. The van der Waals surface area contributed by atoms with Gasteiger partial charge >= 0.3 is 0 Å². The Kier molecular flexibility index (Phi) is 6.09. The summed E-state index contributed by atoms with van der Waals surface area (Å²) >= 11 is 0. The van der Waals surface area contributed by atoms with Crippen LogP contribution >= 0.6 is 0 Å². The highest BCUT2D eigenvalue weighted by molar-refractivity contribution is 6.13. The lowest BCUT2D eigenvalue weighted by Crippen LogP contribution is -2.35. The molecule has 0 N–H and O–H groups in total. The quantitative estimate of drug-likeness (QED) is 0.284. The monoisotopic (exact) mass is 479 g/mol. The lowest BCUT2D eigenvalue weighted by Gasteiger charge is -2.32. The van der Waals surface area contributed by atoms with Crippen molar-refractivity contribution in [2.75, 3.05) is 7.05 Å². The van der Waals surface area contributed by atoms with Gasteiger partial charge < -0.3 is 4.90 Å². The number of rotatable bonds is 5. The molecule has 0 fully saturated rings. The molecule has 0 bridgehead atoms. The summed E-state index contributed by atoms with van der Waals surface area (Å²) in [6.07, 6.45) is 5.27. The highest BCUT2D eigenvalue weighted by Crippen LogP contribution is 2.30. The second kappa shape index (κ2) is 9.99. The molecule has 0 radical (unpaired) electrons. The minimum Gasteiger partial charge on any atom is -0.333 e. The fourth-order valence-electron chi connectivity index (χ4n) is 4.52. The van der Waals surface area contributed by atoms with Gasteiger partial charge in [0.05, 0.1) is 5.69 Å². The molecule has 2 aromatic heterocycles. The SMILES string of the molecule is CN1C(c2ccccc2)=NC(c2ccc(-c3ccccn3)cc2)=NC1c1ccc(-c2cccnc2)cc1. The van der Waals surface area contributed by atoms with Crippen LogP contribution in [0.3, 0.4) is 0 Å². The first-order chi connectivity index (χ1) is 18.3. The lowest BCUT2D eigenvalue weighted by atomic mass is 10.0. The Balaban J connectivity index is 1.38. The zero-order valence-corrected chi connectivity index (χ0v) is 20.4. The van der Waals surface area contributed by atoms with Crippen LogP contribution in [-0.4, -0.2) is 33.6 Å². The summed E-state index contributed by atoms with van der Waals surface area (Å²) in [6, 6.07) is 37.1. The van der Waals surface area contributed by atoms with E-state index in [9.17, 15) is 0 Å². The molecule has 6 rings (SSSR count). The highest BCUT2D eigenvalue weighted by Gasteiger charge is 2.26. The van der Waals surface area contributed by atoms with Gasteiger partial charge in [-0.2, -0.15) is 0 Å². The largest absolute Gasteiger partial charge is 0.333 e. The predicted octanol–water partition coefficient (Wildman–Crippen LogP) is 6.65. The molecule has 0 aliphatic carbocycles. The summed E-state index contributed by atoms with van der Waals surface area (Å²) in [5.41, 5.74) is 7.35. The summed E-state index contributed by atoms with van der Waals surface area (Å²) in [4.78, 5) is 21.0. The molecular formula is C32H25N5. The summed E-state index contributed by atoms with van der Waals surface area (Å²) in [7, 11) is 2.05. The van der Waals surface area contributed by atoms with E-state index in [-0.39, 0.29) is 6.17 Å². The number of hydrogen-bond donors (Lipinski definition) is 0. The Labute approximate surface area is 216 Å². The molecule has 1 aliphatic heterocycles. The van der Waals surface area contributed by atoms with Gasteiger partial charge in [-0.3, -0.25) is 9.97 Å². The number of amidine groups is 2. The van der Waals surface area contributed by atoms with Crippen LogP contribution in [0.2, 0.25) is 0 Å². The van der Waals surface area contributed by atoms with E-state index < -0.39 is 0 Å². The van der Waals surface area contributed by atoms with Crippen molar-refractivity contribution in [2.45, 2.75) is 6.17 Å². The van der Waals surface area contributed by atoms with Crippen molar-refractivity contribution >= 4 is 11.7 Å². The van der Waals surface area contributed by atoms with Crippen LogP contribution in [0.1, 0.15) is 22.9 Å². The van der Waals surface area contributed by atoms with Crippen LogP contribution in [0.15, 0.2) is 138 Å². The molecule has 178 valence electrons. The van der Waals surface area contributed by atoms with Crippen LogP contribution in [0, 0.1) is 0 Å². The van der Waals surface area contributed by atoms with E-state index in [4.69, 9.17) is 9.98 Å². The van der Waals surface area contributed by atoms with Crippen molar-refractivity contribution in [1.82, 2.24) is 14.9 Å². The molecule has 37 heavy (non-hydrogen) atoms. The van der Waals surface area contributed by atoms with E-state index in [1.807, 2.05) is 54.9 Å². The van der Waals surface area contributed by atoms with E-state index in [1.165, 1.54) is 0 Å². The zero-order valence-electron chi connectivity index (χ0n) is 20.4. The third-order valence-electron chi connectivity index (χ3n) is 6.50. The molecule has 0 amide bonds. The molecule has 1 atom stereocenters. The van der Waals surface area contributed by atoms with Gasteiger partial charge in [0.2, 0.25) is 0 Å². The number of aliphatic imine (C=N–C) groups is 2. The molecule has 0 saturated carbocycles. The van der Waals surface area contributed by atoms with Crippen molar-refractivity contribution in [3.63, 3.8) is 0 Å². The highest BCUT2D eigenvalue weighted by atomic mass is 15.3. The summed E-state index contributed by atoms with van der Waals surface area (Å²) in [6.45, 7) is 0. The van der Waals surface area contributed by atoms with Gasteiger partial charge in [0.25, 0.3) is 0 Å². The Hall–Kier alpha value is -4.90. The number of aromatic nitrogens is 2. The van der Waals surface area contributed by atoms with Crippen LogP contribution in [0.25, 0.3) is 22.4 Å². The fourth-order valence-corrected chi connectivity index (χ4v) is 4.52. The molecule has 5 aromatic rings. The van der Waals surface area contributed by atoms with Crippen LogP contribution in [0.4, 0.5) is 0 Å². The third-order valence-corrected chi connectivity index (χ3v) is 6.50. The molecule has 0 saturated heterocycles. The average molecular weight is 480 g/mol. The van der Waals surface area contributed by atoms with Gasteiger partial charge in [-0.1, -0.05) is 91.0 Å². The van der Waals surface area contributed by atoms with E-state index in [2.05, 4.69) is 88.6 Å². The maximum absolute atomic E-state index is 5.11. The number of hydrogen-bond acceptors (Lipinski definition) is 5. The van der Waals surface area contributed by atoms with E-state index in [0.717, 1.165) is 44.9 Å². The second-order valence-corrected chi connectivity index (χ2v) is 8.89. The average Bonchev–Trinajstić information content (AvgIpc) is 2.99. The molecule has 3 aromatic carbocycles. The standard InChI is InChI=1S/C32H25N5/c1-37-31(26-8-3-2-4-9-26)35-30(25-16-14-24(15-17-25)29-11-5-6-21-34-29)36-32(37)27-18-12-23(13-19-27)28-10-7-20-33-22-28/h2-22,32H,1H3. The van der Waals surface area contributed by atoms with Gasteiger partial charge in [-0.25, -0.2) is 9.98 Å². The van der Waals surface area contributed by atoms with Crippen LogP contribution in [-0.2, 0) is 0 Å². The third kappa shape index (κ3) is 4.67. The molecular weight excluding hydrogens is 454 g/mol. The first-order valence-corrected chi connectivity index (χ1v) is 12.2. The molecule has 1 aliphatic rings. The fraction of sp³-hybridized carbons (Fsp3) is 0.0625. The van der Waals surface area contributed by atoms with Crippen molar-refractivity contribution < 1.29 is 0 Å². The summed E-state index contributed by atoms with van der Waals surface area (Å²) in [5.74, 6) is 1.60. The molecule has 5 heteroatoms. The Morgan fingerprint density at radius 2 is 1.30 bits per heavy atom. The van der Waals surface area contributed by atoms with Gasteiger partial charge in [0.1, 0.15) is 12.0 Å². The zero-order chi connectivity index (χ0) is 25.0. The Morgan fingerprint density at radius 3 is 2.00 bits per heavy atom. The lowest BCUT2D eigenvalue weighted by molar-refractivity contribution is 0.383. The summed E-state index contributed by atoms with van der Waals surface area (Å²) in [5, 5.41) is 0. The van der Waals surface area contributed by atoms with Crippen LogP contribution in [0.5, 0.6) is 0 Å². The first kappa shape index (κ1) is 22.6. The number of nitrogens with zero attached hydrogens (tertiary/aromatic N) is 5. The smallest absolute Gasteiger partial charge is 0.159 e. The maximum atomic E-state index is 5.11. The first-order valence-electron chi connectivity index (χ1n) is 12.2. The second-order valence-electron chi connectivity index (χ2n) is 8.89. The normalized spacial score (nSPS) is 15.2. The minimum absolute atomic E-state index is 0.207. The minimum atomic E-state index is -0.207. The van der Waals surface area contributed by atoms with Crippen molar-refractivity contribution in [1.29, 1.82) is 0 Å². The topological polar surface area (TPSA) is 53.7 Å². The van der Waals surface area contributed by atoms with Crippen LogP contribution < -0.4 is 0 Å². The van der Waals surface area contributed by atoms with Gasteiger partial charge in [-0.15, -0.1) is 0 Å². The Bertz CT molecular complexity index is 1540. The maximum Gasteiger partial charge on any atom is 0.159 e. The van der Waals surface area contributed by atoms with Gasteiger partial charge in [0, 0.05) is 42.3 Å². The van der Waals surface area contributed by atoms with Crippen molar-refractivity contribution in [2.24, 2.45) is 9.98 Å². The Morgan fingerprint density at radius 1 is 0.595 bits per heavy atom. The van der Waals surface area contributed by atoms with Crippen molar-refractivity contribution in [3.05, 3.63) is 144 Å². The molecule has 1 unspecified atom stereocenters. The van der Waals surface area contributed by atoms with Crippen molar-refractivity contribution in [3.8, 4) is 22.4 Å². The van der Waals surface area contributed by atoms with E-state index >= 15 is 0 Å². The number of benzene rings is 3. The van der Waals surface area contributed by atoms with Gasteiger partial charge in [-0.05, 0) is 34.9 Å². The summed E-state index contributed by atoms with van der Waals surface area (Å²) < 4.78 is 0.